The summed E-state index contributed by atoms with van der Waals surface area (Å²) in [5.41, 5.74) is 12.0. The van der Waals surface area contributed by atoms with Crippen LogP contribution in [0.2, 0.25) is 0 Å². The van der Waals surface area contributed by atoms with Crippen LogP contribution in [0.4, 0.5) is 4.39 Å². The van der Waals surface area contributed by atoms with E-state index in [9.17, 15) is 17.6 Å². The van der Waals surface area contributed by atoms with Gasteiger partial charge in [-0.15, -0.1) is 0 Å². The van der Waals surface area contributed by atoms with Crippen LogP contribution in [0.3, 0.4) is 0 Å². The van der Waals surface area contributed by atoms with E-state index in [2.05, 4.69) is 15.3 Å². The average molecular weight is 314 g/mol. The number of carbonyl (C=O) groups excluding carboxylic acids is 1. The molecule has 0 fully saturated rings. The van der Waals surface area contributed by atoms with Crippen LogP contribution >= 0.6 is 0 Å². The molecule has 1 aromatic carbocycles. The smallest absolute Gasteiger partial charge is 0.283 e. The topological polar surface area (TPSA) is 137 Å². The molecule has 0 aliphatic carbocycles. The van der Waals surface area contributed by atoms with Crippen molar-refractivity contribution in [3.63, 3.8) is 0 Å². The normalized spacial score (nSPS) is 15.0. The lowest BCUT2D eigenvalue weighted by atomic mass is 10.1. The van der Waals surface area contributed by atoms with Gasteiger partial charge in [0.25, 0.3) is 5.91 Å². The Morgan fingerprint density at radius 2 is 2.05 bits per heavy atom. The Morgan fingerprint density at radius 3 is 2.62 bits per heavy atom. The van der Waals surface area contributed by atoms with Crippen LogP contribution in [0.15, 0.2) is 27.4 Å². The Bertz CT molecular complexity index is 782. The number of aliphatic imine (C=N–C) groups is 1. The van der Waals surface area contributed by atoms with E-state index in [0.717, 1.165) is 17.5 Å². The number of sulfone groups is 1. The zero-order chi connectivity index (χ0) is 15.8. The van der Waals surface area contributed by atoms with Crippen molar-refractivity contribution in [2.75, 3.05) is 7.11 Å². The Balaban J connectivity index is 2.61. The lowest BCUT2D eigenvalue weighted by Crippen LogP contribution is -2.24. The van der Waals surface area contributed by atoms with Crippen molar-refractivity contribution in [1.82, 2.24) is 5.48 Å². The van der Waals surface area contributed by atoms with Gasteiger partial charge in [-0.2, -0.15) is 4.99 Å². The Hall–Kier alpha value is -2.46. The maximum absolute atomic E-state index is 13.9. The summed E-state index contributed by atoms with van der Waals surface area (Å²) in [5.74, 6) is -2.58. The van der Waals surface area contributed by atoms with Crippen molar-refractivity contribution in [3.8, 4) is 0 Å². The largest absolute Gasteiger partial charge is 0.370 e. The van der Waals surface area contributed by atoms with Gasteiger partial charge in [-0.1, -0.05) is 0 Å². The minimum absolute atomic E-state index is 0.0515. The fourth-order valence-corrected chi connectivity index (χ4v) is 3.18. The van der Waals surface area contributed by atoms with Crippen molar-refractivity contribution >= 4 is 27.4 Å². The first kappa shape index (κ1) is 14.9. The first-order valence-electron chi connectivity index (χ1n) is 5.50. The number of guanidine groups is 1. The van der Waals surface area contributed by atoms with Crippen LogP contribution in [0, 0.1) is 5.82 Å². The number of nitrogens with two attached hydrogens (primary N) is 2. The van der Waals surface area contributed by atoms with Gasteiger partial charge in [0.1, 0.15) is 5.82 Å². The molecular formula is C11H11FN4O4S. The van der Waals surface area contributed by atoms with E-state index < -0.39 is 33.1 Å². The van der Waals surface area contributed by atoms with Crippen LogP contribution in [0.1, 0.15) is 15.9 Å². The van der Waals surface area contributed by atoms with E-state index in [0.29, 0.717) is 0 Å². The molecular weight excluding hydrogens is 303 g/mol. The fourth-order valence-electron chi connectivity index (χ4n) is 1.81. The summed E-state index contributed by atoms with van der Waals surface area (Å²) in [7, 11) is -2.54. The van der Waals surface area contributed by atoms with Crippen LogP contribution in [0.5, 0.6) is 0 Å². The zero-order valence-corrected chi connectivity index (χ0v) is 11.6. The summed E-state index contributed by atoms with van der Waals surface area (Å²) in [5, 5.41) is 0.870. The average Bonchev–Trinajstić information content (AvgIpc) is 2.59. The number of rotatable bonds is 3. The van der Waals surface area contributed by atoms with E-state index in [1.54, 1.807) is 0 Å². The minimum atomic E-state index is -3.81. The summed E-state index contributed by atoms with van der Waals surface area (Å²) in [6.45, 7) is 0. The molecule has 8 nitrogen and oxygen atoms in total. The molecule has 5 N–H and O–H groups in total. The maximum Gasteiger partial charge on any atom is 0.283 e. The third kappa shape index (κ3) is 2.71. The summed E-state index contributed by atoms with van der Waals surface area (Å²) in [6, 6.07) is 1.78. The number of nitrogens with one attached hydrogen (secondary N) is 1. The highest BCUT2D eigenvalue weighted by atomic mass is 32.2. The Kier molecular flexibility index (Phi) is 3.66. The quantitative estimate of drug-likeness (QED) is 0.295. The minimum Gasteiger partial charge on any atom is -0.370 e. The summed E-state index contributed by atoms with van der Waals surface area (Å²) in [6.07, 6.45) is 0. The lowest BCUT2D eigenvalue weighted by Gasteiger charge is -2.07. The highest BCUT2D eigenvalue weighted by molar-refractivity contribution is 7.95. The molecule has 0 unspecified atom stereocenters. The number of benzene rings is 1. The lowest BCUT2D eigenvalue weighted by molar-refractivity contribution is 0.0998. The Morgan fingerprint density at radius 1 is 1.38 bits per heavy atom. The second-order valence-electron chi connectivity index (χ2n) is 4.05. The van der Waals surface area contributed by atoms with E-state index >= 15 is 0 Å². The molecule has 1 amide bonds. The summed E-state index contributed by atoms with van der Waals surface area (Å²) >= 11 is 0. The number of nitrogens with zero attached hydrogens (tertiary/aromatic N) is 1. The monoisotopic (exact) mass is 314 g/mol. The van der Waals surface area contributed by atoms with Crippen LogP contribution < -0.4 is 16.9 Å². The fraction of sp³-hybridized carbons (Fsp3) is 0.0909. The van der Waals surface area contributed by atoms with Gasteiger partial charge in [-0.3, -0.25) is 15.1 Å². The standard InChI is InChI=1S/C11H11FN4O4S/c1-20-16-8-4-21(18,19)9-3-5(7(12)2-6(8)9)10(17)15-11(13)14/h2-4,16H,1H3,(H4,13,14,15,17). The first-order valence-corrected chi connectivity index (χ1v) is 7.04. The molecule has 2 rings (SSSR count). The van der Waals surface area contributed by atoms with E-state index in [1.807, 2.05) is 0 Å². The third-order valence-corrected chi connectivity index (χ3v) is 4.11. The molecule has 0 bridgehead atoms. The van der Waals surface area contributed by atoms with Crippen molar-refractivity contribution in [2.24, 2.45) is 16.5 Å². The molecule has 1 aromatic rings. The number of hydroxylamine groups is 1. The molecule has 0 saturated carbocycles. The van der Waals surface area contributed by atoms with Crippen molar-refractivity contribution in [3.05, 3.63) is 34.5 Å². The third-order valence-electron chi connectivity index (χ3n) is 2.61. The number of halogens is 1. The molecule has 0 aromatic heterocycles. The molecule has 0 saturated heterocycles. The molecule has 0 radical (unpaired) electrons. The van der Waals surface area contributed by atoms with Gasteiger partial charge in [-0.25, -0.2) is 12.8 Å². The van der Waals surface area contributed by atoms with Crippen molar-refractivity contribution in [2.45, 2.75) is 4.90 Å². The molecule has 112 valence electrons. The van der Waals surface area contributed by atoms with Gasteiger partial charge in [0.15, 0.2) is 5.96 Å². The first-order chi connectivity index (χ1) is 9.76. The van der Waals surface area contributed by atoms with Gasteiger partial charge in [0.05, 0.1) is 28.7 Å². The van der Waals surface area contributed by atoms with E-state index in [-0.39, 0.29) is 16.2 Å². The van der Waals surface area contributed by atoms with E-state index in [1.165, 1.54) is 7.11 Å². The molecule has 0 atom stereocenters. The highest BCUT2D eigenvalue weighted by Crippen LogP contribution is 2.33. The SMILES string of the molecule is CONC1=CS(=O)(=O)c2cc(C(=O)N=C(N)N)c(F)cc21. The second-order valence-corrected chi connectivity index (χ2v) is 5.82. The van der Waals surface area contributed by atoms with Crippen LogP contribution in [-0.2, 0) is 14.7 Å². The summed E-state index contributed by atoms with van der Waals surface area (Å²) < 4.78 is 37.9. The van der Waals surface area contributed by atoms with Gasteiger partial charge in [-0.05, 0) is 12.1 Å². The van der Waals surface area contributed by atoms with Gasteiger partial charge in [0, 0.05) is 5.56 Å². The number of hydrogen-bond donors (Lipinski definition) is 3. The molecule has 1 aliphatic rings. The molecule has 10 heteroatoms. The summed E-state index contributed by atoms with van der Waals surface area (Å²) in [4.78, 5) is 19.2. The van der Waals surface area contributed by atoms with Gasteiger partial charge < -0.3 is 11.5 Å². The maximum atomic E-state index is 13.9. The zero-order valence-electron chi connectivity index (χ0n) is 10.8. The number of carbonyl (C=O) groups is 1. The van der Waals surface area contributed by atoms with Crippen molar-refractivity contribution < 1.29 is 22.4 Å². The molecule has 1 aliphatic heterocycles. The molecule has 1 heterocycles. The second kappa shape index (κ2) is 5.14. The van der Waals surface area contributed by atoms with Gasteiger partial charge >= 0.3 is 0 Å². The number of amides is 1. The highest BCUT2D eigenvalue weighted by Gasteiger charge is 2.30. The van der Waals surface area contributed by atoms with Gasteiger partial charge in [0.2, 0.25) is 9.84 Å². The molecule has 0 spiro atoms. The molecule has 21 heavy (non-hydrogen) atoms. The van der Waals surface area contributed by atoms with Crippen LogP contribution in [0.25, 0.3) is 5.70 Å². The van der Waals surface area contributed by atoms with Crippen LogP contribution in [-0.4, -0.2) is 27.4 Å². The number of hydrogen-bond acceptors (Lipinski definition) is 5. The number of fused-ring (bicyclic) bond motifs is 1. The Labute approximate surface area is 119 Å². The van der Waals surface area contributed by atoms with E-state index in [4.69, 9.17) is 11.5 Å². The predicted octanol–water partition coefficient (Wildman–Crippen LogP) is -0.524. The predicted molar refractivity (Wildman–Crippen MR) is 71.8 cm³/mol. The van der Waals surface area contributed by atoms with Crippen molar-refractivity contribution in [1.29, 1.82) is 0 Å².